The number of hydrogen-bond acceptors (Lipinski definition) is 1. The van der Waals surface area contributed by atoms with E-state index in [4.69, 9.17) is 0 Å². The molecule has 0 aliphatic rings. The van der Waals surface area contributed by atoms with Gasteiger partial charge in [0.05, 0.1) is 0 Å². The predicted octanol–water partition coefficient (Wildman–Crippen LogP) is 7.59. The number of nitrogens with zero attached hydrogens (tertiary/aromatic N) is 1. The van der Waals surface area contributed by atoms with Crippen molar-refractivity contribution in [3.05, 3.63) is 114 Å². The smallest absolute Gasteiger partial charge is 0.0468 e. The van der Waals surface area contributed by atoms with Crippen LogP contribution in [-0.2, 0) is 0 Å². The maximum atomic E-state index is 3.71. The van der Waals surface area contributed by atoms with Crippen molar-refractivity contribution >= 4 is 33.0 Å². The molecule has 126 valence electrons. The molecule has 0 spiro atoms. The average Bonchev–Trinajstić information content (AvgIpc) is 2.72. The molecule has 0 N–H and O–H groups in total. The molecule has 4 rings (SSSR count). The lowest BCUT2D eigenvalue weighted by molar-refractivity contribution is 1.28. The van der Waals surface area contributed by atoms with Crippen LogP contribution in [0.3, 0.4) is 0 Å². The molecule has 0 atom stereocenters. The molecule has 0 saturated heterocycles. The Kier molecular flexibility index (Phi) is 4.85. The van der Waals surface area contributed by atoms with Gasteiger partial charge in [0.1, 0.15) is 0 Å². The molecule has 26 heavy (non-hydrogen) atoms. The van der Waals surface area contributed by atoms with Crippen LogP contribution >= 0.6 is 15.9 Å². The monoisotopic (exact) mass is 399 g/mol. The zero-order valence-corrected chi connectivity index (χ0v) is 15.8. The van der Waals surface area contributed by atoms with Crippen LogP contribution in [0.1, 0.15) is 0 Å². The SMILES string of the molecule is Brc1ccc(N(c2ccccc2)c2ccccc2)cc1-c1ccccc1. The number of anilines is 3. The fourth-order valence-corrected chi connectivity index (χ4v) is 3.57. The van der Waals surface area contributed by atoms with E-state index in [1.165, 1.54) is 11.1 Å². The van der Waals surface area contributed by atoms with Gasteiger partial charge in [-0.15, -0.1) is 0 Å². The Morgan fingerprint density at radius 3 is 1.54 bits per heavy atom. The third-order valence-electron chi connectivity index (χ3n) is 4.32. The Morgan fingerprint density at radius 2 is 1.00 bits per heavy atom. The molecule has 1 nitrogen and oxygen atoms in total. The zero-order valence-electron chi connectivity index (χ0n) is 14.2. The number of hydrogen-bond donors (Lipinski definition) is 0. The van der Waals surface area contributed by atoms with Crippen LogP contribution in [-0.4, -0.2) is 0 Å². The van der Waals surface area contributed by atoms with Gasteiger partial charge in [0, 0.05) is 21.5 Å². The standard InChI is InChI=1S/C24H18BrN/c25-24-17-16-22(18-23(24)19-10-4-1-5-11-19)26(20-12-6-2-7-13-20)21-14-8-3-9-15-21/h1-18H. The van der Waals surface area contributed by atoms with Crippen LogP contribution in [0.4, 0.5) is 17.1 Å². The summed E-state index contributed by atoms with van der Waals surface area (Å²) in [5.74, 6) is 0. The molecule has 2 heteroatoms. The number of para-hydroxylation sites is 2. The summed E-state index contributed by atoms with van der Waals surface area (Å²) in [6.07, 6.45) is 0. The van der Waals surface area contributed by atoms with Crippen LogP contribution < -0.4 is 4.90 Å². The Morgan fingerprint density at radius 1 is 0.500 bits per heavy atom. The highest BCUT2D eigenvalue weighted by atomic mass is 79.9. The number of benzene rings is 4. The van der Waals surface area contributed by atoms with E-state index in [0.717, 1.165) is 21.5 Å². The van der Waals surface area contributed by atoms with Crippen molar-refractivity contribution in [3.63, 3.8) is 0 Å². The Balaban J connectivity index is 1.87. The van der Waals surface area contributed by atoms with Gasteiger partial charge in [0.15, 0.2) is 0 Å². The molecule has 0 fully saturated rings. The summed E-state index contributed by atoms with van der Waals surface area (Å²) < 4.78 is 1.09. The topological polar surface area (TPSA) is 3.24 Å². The summed E-state index contributed by atoms with van der Waals surface area (Å²) in [5.41, 5.74) is 5.78. The fourth-order valence-electron chi connectivity index (χ4n) is 3.09. The molecule has 0 aliphatic heterocycles. The van der Waals surface area contributed by atoms with Crippen LogP contribution in [0.15, 0.2) is 114 Å². The van der Waals surface area contributed by atoms with Gasteiger partial charge < -0.3 is 4.90 Å². The largest absolute Gasteiger partial charge is 0.310 e. The Labute approximate surface area is 162 Å². The average molecular weight is 400 g/mol. The van der Waals surface area contributed by atoms with Gasteiger partial charge in [-0.2, -0.15) is 0 Å². The summed E-state index contributed by atoms with van der Waals surface area (Å²) in [6, 6.07) is 37.9. The van der Waals surface area contributed by atoms with E-state index in [0.29, 0.717) is 0 Å². The van der Waals surface area contributed by atoms with Crippen molar-refractivity contribution < 1.29 is 0 Å². The van der Waals surface area contributed by atoms with Gasteiger partial charge in [-0.05, 0) is 53.6 Å². The van der Waals surface area contributed by atoms with Crippen molar-refractivity contribution in [1.29, 1.82) is 0 Å². The second-order valence-electron chi connectivity index (χ2n) is 6.04. The minimum Gasteiger partial charge on any atom is -0.310 e. The van der Waals surface area contributed by atoms with Crippen molar-refractivity contribution in [2.24, 2.45) is 0 Å². The van der Waals surface area contributed by atoms with Crippen LogP contribution in [0.25, 0.3) is 11.1 Å². The first-order valence-electron chi connectivity index (χ1n) is 8.58. The molecule has 0 amide bonds. The van der Waals surface area contributed by atoms with Crippen molar-refractivity contribution in [2.75, 3.05) is 4.90 Å². The van der Waals surface area contributed by atoms with E-state index >= 15 is 0 Å². The van der Waals surface area contributed by atoms with Gasteiger partial charge in [0.25, 0.3) is 0 Å². The van der Waals surface area contributed by atoms with Crippen molar-refractivity contribution in [3.8, 4) is 11.1 Å². The Hall–Kier alpha value is -2.84. The maximum absolute atomic E-state index is 3.71. The molecule has 0 bridgehead atoms. The maximum Gasteiger partial charge on any atom is 0.0468 e. The number of rotatable bonds is 4. The van der Waals surface area contributed by atoms with Crippen molar-refractivity contribution in [2.45, 2.75) is 0 Å². The molecule has 4 aromatic rings. The van der Waals surface area contributed by atoms with E-state index < -0.39 is 0 Å². The molecule has 0 radical (unpaired) electrons. The lowest BCUT2D eigenvalue weighted by Gasteiger charge is -2.26. The molecule has 0 aromatic heterocycles. The minimum absolute atomic E-state index is 1.09. The summed E-state index contributed by atoms with van der Waals surface area (Å²) >= 11 is 3.71. The highest BCUT2D eigenvalue weighted by Crippen LogP contribution is 2.38. The van der Waals surface area contributed by atoms with Gasteiger partial charge in [-0.1, -0.05) is 82.7 Å². The normalized spacial score (nSPS) is 10.5. The van der Waals surface area contributed by atoms with Crippen LogP contribution in [0.5, 0.6) is 0 Å². The predicted molar refractivity (Wildman–Crippen MR) is 114 cm³/mol. The van der Waals surface area contributed by atoms with Gasteiger partial charge >= 0.3 is 0 Å². The van der Waals surface area contributed by atoms with Crippen LogP contribution in [0, 0.1) is 0 Å². The fraction of sp³-hybridized carbons (Fsp3) is 0. The first-order valence-corrected chi connectivity index (χ1v) is 9.37. The van der Waals surface area contributed by atoms with Gasteiger partial charge in [-0.25, -0.2) is 0 Å². The quantitative estimate of drug-likeness (QED) is 0.341. The molecular formula is C24H18BrN. The summed E-state index contributed by atoms with van der Waals surface area (Å²) in [7, 11) is 0. The zero-order chi connectivity index (χ0) is 17.8. The lowest BCUT2D eigenvalue weighted by Crippen LogP contribution is -2.09. The first kappa shape index (κ1) is 16.6. The van der Waals surface area contributed by atoms with Gasteiger partial charge in [-0.3, -0.25) is 0 Å². The molecule has 4 aromatic carbocycles. The molecule has 0 heterocycles. The summed E-state index contributed by atoms with van der Waals surface area (Å²) in [4.78, 5) is 2.28. The second-order valence-corrected chi connectivity index (χ2v) is 6.89. The highest BCUT2D eigenvalue weighted by molar-refractivity contribution is 9.10. The highest BCUT2D eigenvalue weighted by Gasteiger charge is 2.14. The van der Waals surface area contributed by atoms with E-state index in [9.17, 15) is 0 Å². The third-order valence-corrected chi connectivity index (χ3v) is 5.01. The lowest BCUT2D eigenvalue weighted by atomic mass is 10.0. The molecular weight excluding hydrogens is 382 g/mol. The van der Waals surface area contributed by atoms with Crippen molar-refractivity contribution in [1.82, 2.24) is 0 Å². The van der Waals surface area contributed by atoms with Crippen LogP contribution in [0.2, 0.25) is 0 Å². The molecule has 0 unspecified atom stereocenters. The summed E-state index contributed by atoms with van der Waals surface area (Å²) in [6.45, 7) is 0. The van der Waals surface area contributed by atoms with E-state index in [2.05, 4.69) is 112 Å². The van der Waals surface area contributed by atoms with E-state index in [1.54, 1.807) is 0 Å². The minimum atomic E-state index is 1.09. The molecule has 0 saturated carbocycles. The van der Waals surface area contributed by atoms with E-state index in [1.807, 2.05) is 18.2 Å². The summed E-state index contributed by atoms with van der Waals surface area (Å²) in [5, 5.41) is 0. The second kappa shape index (κ2) is 7.59. The molecule has 0 aliphatic carbocycles. The number of halogens is 1. The first-order chi connectivity index (χ1) is 12.8. The third kappa shape index (κ3) is 3.42. The van der Waals surface area contributed by atoms with Gasteiger partial charge in [0.2, 0.25) is 0 Å². The van der Waals surface area contributed by atoms with E-state index in [-0.39, 0.29) is 0 Å². The Bertz CT molecular complexity index is 943.